The molecule has 0 saturated heterocycles. The van der Waals surface area contributed by atoms with Gasteiger partial charge in [-0.1, -0.05) is 39.5 Å². The highest BCUT2D eigenvalue weighted by atomic mass is 32.2. The average molecular weight is 291 g/mol. The van der Waals surface area contributed by atoms with Crippen molar-refractivity contribution >= 4 is 10.0 Å². The van der Waals surface area contributed by atoms with Crippen LogP contribution in [-0.2, 0) is 14.8 Å². The highest BCUT2D eigenvalue weighted by Gasteiger charge is 2.23. The molecule has 2 N–H and O–H groups in total. The van der Waals surface area contributed by atoms with E-state index in [0.717, 1.165) is 31.6 Å². The van der Waals surface area contributed by atoms with Gasteiger partial charge in [-0.15, -0.1) is 0 Å². The van der Waals surface area contributed by atoms with Crippen LogP contribution in [-0.4, -0.2) is 26.9 Å². The van der Waals surface area contributed by atoms with Crippen LogP contribution in [0.3, 0.4) is 0 Å². The highest BCUT2D eigenvalue weighted by molar-refractivity contribution is 7.89. The summed E-state index contributed by atoms with van der Waals surface area (Å²) in [5.41, 5.74) is 0. The third-order valence-electron chi connectivity index (χ3n) is 4.04. The maximum absolute atomic E-state index is 11.2. The fraction of sp³-hybridized carbons (Fsp3) is 1.00. The normalized spacial score (nSPS) is 26.3. The van der Waals surface area contributed by atoms with Gasteiger partial charge in [0.25, 0.3) is 0 Å². The van der Waals surface area contributed by atoms with Crippen LogP contribution in [0.2, 0.25) is 0 Å². The first kappa shape index (κ1) is 16.9. The first-order valence-corrected chi connectivity index (χ1v) is 9.28. The quantitative estimate of drug-likeness (QED) is 0.747. The number of ether oxygens (including phenoxy) is 1. The van der Waals surface area contributed by atoms with Crippen LogP contribution < -0.4 is 5.14 Å². The molecule has 1 aliphatic carbocycles. The summed E-state index contributed by atoms with van der Waals surface area (Å²) in [6, 6.07) is 0. The minimum absolute atomic E-state index is 0.0435. The van der Waals surface area contributed by atoms with Crippen molar-refractivity contribution < 1.29 is 13.2 Å². The van der Waals surface area contributed by atoms with E-state index in [2.05, 4.69) is 13.8 Å². The van der Waals surface area contributed by atoms with Gasteiger partial charge in [-0.05, 0) is 31.1 Å². The molecule has 1 rings (SSSR count). The Morgan fingerprint density at radius 1 is 1.32 bits per heavy atom. The first-order chi connectivity index (χ1) is 8.94. The van der Waals surface area contributed by atoms with Crippen molar-refractivity contribution in [2.45, 2.75) is 64.9 Å². The monoisotopic (exact) mass is 291 g/mol. The summed E-state index contributed by atoms with van der Waals surface area (Å²) in [5.74, 6) is 0.869. The molecule has 0 heterocycles. The van der Waals surface area contributed by atoms with Crippen LogP contribution in [0.5, 0.6) is 0 Å². The van der Waals surface area contributed by atoms with Gasteiger partial charge < -0.3 is 4.74 Å². The molecule has 1 aliphatic rings. The maximum Gasteiger partial charge on any atom is 0.209 e. The van der Waals surface area contributed by atoms with E-state index in [4.69, 9.17) is 9.88 Å². The summed E-state index contributed by atoms with van der Waals surface area (Å²) in [5, 5.41) is 5.14. The molecular formula is C14H29NO3S. The van der Waals surface area contributed by atoms with Gasteiger partial charge in [0.05, 0.1) is 18.5 Å². The summed E-state index contributed by atoms with van der Waals surface area (Å²) >= 11 is 0. The molecule has 0 aromatic carbocycles. The molecule has 0 radical (unpaired) electrons. The number of primary sulfonamides is 1. The Morgan fingerprint density at radius 2 is 2.05 bits per heavy atom. The molecular weight excluding hydrogens is 262 g/mol. The van der Waals surface area contributed by atoms with E-state index < -0.39 is 10.0 Å². The van der Waals surface area contributed by atoms with Crippen molar-refractivity contribution in [2.75, 3.05) is 12.4 Å². The second-order valence-corrected chi connectivity index (χ2v) is 7.54. The Balaban J connectivity index is 2.38. The molecule has 3 unspecified atom stereocenters. The highest BCUT2D eigenvalue weighted by Crippen LogP contribution is 2.28. The summed E-state index contributed by atoms with van der Waals surface area (Å²) in [6.07, 6.45) is 8.15. The van der Waals surface area contributed by atoms with Crippen molar-refractivity contribution in [2.24, 2.45) is 17.0 Å². The lowest BCUT2D eigenvalue weighted by molar-refractivity contribution is -0.00381. The molecule has 0 aromatic rings. The van der Waals surface area contributed by atoms with Crippen LogP contribution >= 0.6 is 0 Å². The predicted octanol–water partition coefficient (Wildman–Crippen LogP) is 2.68. The minimum atomic E-state index is -3.39. The van der Waals surface area contributed by atoms with Crippen LogP contribution in [0.15, 0.2) is 0 Å². The number of rotatable bonds is 8. The number of hydrogen-bond donors (Lipinski definition) is 1. The smallest absolute Gasteiger partial charge is 0.209 e. The van der Waals surface area contributed by atoms with Crippen molar-refractivity contribution in [3.63, 3.8) is 0 Å². The molecule has 1 saturated carbocycles. The zero-order valence-electron chi connectivity index (χ0n) is 12.3. The number of sulfonamides is 1. The molecule has 0 spiro atoms. The largest absolute Gasteiger partial charge is 0.378 e. The summed E-state index contributed by atoms with van der Waals surface area (Å²) in [4.78, 5) is 0. The van der Waals surface area contributed by atoms with Crippen LogP contribution in [0.25, 0.3) is 0 Å². The fourth-order valence-electron chi connectivity index (χ4n) is 2.99. The topological polar surface area (TPSA) is 69.4 Å². The molecule has 5 heteroatoms. The van der Waals surface area contributed by atoms with Gasteiger partial charge in [-0.25, -0.2) is 13.6 Å². The second-order valence-electron chi connectivity index (χ2n) is 5.88. The standard InChI is InChI=1S/C14H29NO3S/c1-3-6-13(11-19(15,16)17)10-18-14-8-5-7-12(4-2)9-14/h12-14H,3-11H2,1-2H3,(H2,15,16,17). The van der Waals surface area contributed by atoms with Gasteiger partial charge in [0.15, 0.2) is 0 Å². The molecule has 0 bridgehead atoms. The molecule has 1 fully saturated rings. The van der Waals surface area contributed by atoms with Crippen LogP contribution in [0.1, 0.15) is 58.8 Å². The second kappa shape index (κ2) is 8.22. The number of hydrogen-bond acceptors (Lipinski definition) is 3. The maximum atomic E-state index is 11.2. The molecule has 3 atom stereocenters. The summed E-state index contributed by atoms with van der Waals surface area (Å²) in [7, 11) is -3.39. The van der Waals surface area contributed by atoms with E-state index in [-0.39, 0.29) is 11.7 Å². The van der Waals surface area contributed by atoms with Crippen molar-refractivity contribution in [1.29, 1.82) is 0 Å². The molecule has 0 aliphatic heterocycles. The Labute approximate surface area is 118 Å². The zero-order valence-corrected chi connectivity index (χ0v) is 13.1. The Morgan fingerprint density at radius 3 is 2.63 bits per heavy atom. The lowest BCUT2D eigenvalue weighted by Gasteiger charge is -2.29. The Hall–Kier alpha value is -0.130. The third-order valence-corrected chi connectivity index (χ3v) is 4.98. The van der Waals surface area contributed by atoms with Gasteiger partial charge in [-0.2, -0.15) is 0 Å². The molecule has 19 heavy (non-hydrogen) atoms. The first-order valence-electron chi connectivity index (χ1n) is 7.56. The number of nitrogens with two attached hydrogens (primary N) is 1. The molecule has 0 amide bonds. The minimum Gasteiger partial charge on any atom is -0.378 e. The van der Waals surface area contributed by atoms with E-state index in [0.29, 0.717) is 12.7 Å². The molecule has 4 nitrogen and oxygen atoms in total. The van der Waals surface area contributed by atoms with Gasteiger partial charge in [0.2, 0.25) is 10.0 Å². The Kier molecular flexibility index (Phi) is 7.32. The SMILES string of the molecule is CCCC(COC1CCCC(CC)C1)CS(N)(=O)=O. The van der Waals surface area contributed by atoms with Gasteiger partial charge in [0.1, 0.15) is 0 Å². The zero-order chi connectivity index (χ0) is 14.3. The Bertz CT molecular complexity index is 343. The lowest BCUT2D eigenvalue weighted by Crippen LogP contribution is -2.29. The average Bonchev–Trinajstić information content (AvgIpc) is 2.35. The van der Waals surface area contributed by atoms with E-state index in [1.807, 2.05) is 0 Å². The van der Waals surface area contributed by atoms with E-state index in [9.17, 15) is 8.42 Å². The molecule has 114 valence electrons. The van der Waals surface area contributed by atoms with Crippen molar-refractivity contribution in [3.05, 3.63) is 0 Å². The van der Waals surface area contributed by atoms with E-state index in [1.54, 1.807) is 0 Å². The van der Waals surface area contributed by atoms with Crippen LogP contribution in [0, 0.1) is 11.8 Å². The molecule has 0 aromatic heterocycles. The van der Waals surface area contributed by atoms with Crippen molar-refractivity contribution in [3.8, 4) is 0 Å². The lowest BCUT2D eigenvalue weighted by atomic mass is 9.85. The van der Waals surface area contributed by atoms with E-state index in [1.165, 1.54) is 19.3 Å². The van der Waals surface area contributed by atoms with Gasteiger partial charge in [0, 0.05) is 0 Å². The van der Waals surface area contributed by atoms with Crippen LogP contribution in [0.4, 0.5) is 0 Å². The predicted molar refractivity (Wildman–Crippen MR) is 78.4 cm³/mol. The van der Waals surface area contributed by atoms with Crippen molar-refractivity contribution in [1.82, 2.24) is 0 Å². The van der Waals surface area contributed by atoms with E-state index >= 15 is 0 Å². The third kappa shape index (κ3) is 7.28. The van der Waals surface area contributed by atoms with Gasteiger partial charge >= 0.3 is 0 Å². The summed E-state index contributed by atoms with van der Waals surface area (Å²) < 4.78 is 28.3. The summed E-state index contributed by atoms with van der Waals surface area (Å²) in [6.45, 7) is 4.82. The van der Waals surface area contributed by atoms with Gasteiger partial charge in [-0.3, -0.25) is 0 Å². The fourth-order valence-corrected chi connectivity index (χ4v) is 3.91.